The van der Waals surface area contributed by atoms with E-state index in [1.165, 1.54) is 0 Å². The first-order valence-corrected chi connectivity index (χ1v) is 5.79. The van der Waals surface area contributed by atoms with Crippen molar-refractivity contribution in [2.24, 2.45) is 0 Å². The van der Waals surface area contributed by atoms with E-state index in [1.807, 2.05) is 25.1 Å². The fraction of sp³-hybridized carbons (Fsp3) is 0.462. The lowest BCUT2D eigenvalue weighted by atomic mass is 10.1. The Hall–Kier alpha value is -1.55. The van der Waals surface area contributed by atoms with Crippen LogP contribution < -0.4 is 10.1 Å². The van der Waals surface area contributed by atoms with Crippen molar-refractivity contribution in [2.75, 3.05) is 13.7 Å². The van der Waals surface area contributed by atoms with Gasteiger partial charge in [-0.05, 0) is 12.5 Å². The third kappa shape index (κ3) is 4.07. The molecule has 0 fully saturated rings. The molecule has 4 nitrogen and oxygen atoms in total. The predicted molar refractivity (Wildman–Crippen MR) is 65.9 cm³/mol. The van der Waals surface area contributed by atoms with Gasteiger partial charge in [0, 0.05) is 12.6 Å². The van der Waals surface area contributed by atoms with E-state index in [1.54, 1.807) is 13.1 Å². The van der Waals surface area contributed by atoms with Crippen molar-refractivity contribution in [1.82, 2.24) is 5.32 Å². The minimum atomic E-state index is -0.522. The summed E-state index contributed by atoms with van der Waals surface area (Å²) in [6, 6.07) is 7.35. The molecule has 1 aromatic rings. The summed E-state index contributed by atoms with van der Waals surface area (Å²) in [6.45, 7) is 2.22. The highest BCUT2D eigenvalue weighted by molar-refractivity contribution is 5.75. The molecule has 0 aromatic heterocycles. The Labute approximate surface area is 102 Å². The van der Waals surface area contributed by atoms with Gasteiger partial charge in [0.1, 0.15) is 5.75 Å². The standard InChI is InChI=1S/C13H19NO3/c1-3-11(15)10-6-4-5-7-12(10)17-9-8-13(16)14-2/h4-7,11,15H,3,8-9H2,1-2H3,(H,14,16)/t11-/m1/s1. The van der Waals surface area contributed by atoms with Gasteiger partial charge in [-0.3, -0.25) is 4.79 Å². The van der Waals surface area contributed by atoms with Crippen LogP contribution in [-0.2, 0) is 4.79 Å². The second-order valence-electron chi connectivity index (χ2n) is 3.73. The Kier molecular flexibility index (Phi) is 5.49. The topological polar surface area (TPSA) is 58.6 Å². The summed E-state index contributed by atoms with van der Waals surface area (Å²) < 4.78 is 5.51. The summed E-state index contributed by atoms with van der Waals surface area (Å²) in [4.78, 5) is 11.0. The summed E-state index contributed by atoms with van der Waals surface area (Å²) in [5, 5.41) is 12.3. The summed E-state index contributed by atoms with van der Waals surface area (Å²) in [7, 11) is 1.59. The van der Waals surface area contributed by atoms with Crippen LogP contribution in [0.3, 0.4) is 0 Å². The summed E-state index contributed by atoms with van der Waals surface area (Å²) in [5.74, 6) is 0.587. The molecule has 0 saturated carbocycles. The molecule has 2 N–H and O–H groups in total. The van der Waals surface area contributed by atoms with Gasteiger partial charge in [0.25, 0.3) is 0 Å². The van der Waals surface area contributed by atoms with E-state index >= 15 is 0 Å². The first-order valence-electron chi connectivity index (χ1n) is 5.79. The molecule has 0 aliphatic carbocycles. The molecule has 0 bridgehead atoms. The number of carbonyl (C=O) groups is 1. The van der Waals surface area contributed by atoms with Crippen LogP contribution in [0.1, 0.15) is 31.4 Å². The van der Waals surface area contributed by atoms with Crippen LogP contribution in [-0.4, -0.2) is 24.7 Å². The SMILES string of the molecule is CC[C@@H](O)c1ccccc1OCCC(=O)NC. The summed E-state index contributed by atoms with van der Waals surface area (Å²) >= 11 is 0. The second-order valence-corrected chi connectivity index (χ2v) is 3.73. The van der Waals surface area contributed by atoms with Gasteiger partial charge in [-0.1, -0.05) is 25.1 Å². The van der Waals surface area contributed by atoms with E-state index in [-0.39, 0.29) is 5.91 Å². The Morgan fingerprint density at radius 2 is 2.18 bits per heavy atom. The first-order chi connectivity index (χ1) is 8.19. The maximum atomic E-state index is 11.0. The molecule has 17 heavy (non-hydrogen) atoms. The van der Waals surface area contributed by atoms with Gasteiger partial charge >= 0.3 is 0 Å². The Bertz CT molecular complexity index is 365. The molecule has 0 saturated heterocycles. The van der Waals surface area contributed by atoms with E-state index < -0.39 is 6.10 Å². The lowest BCUT2D eigenvalue weighted by Crippen LogP contribution is -2.20. The number of carbonyl (C=O) groups excluding carboxylic acids is 1. The number of aliphatic hydroxyl groups excluding tert-OH is 1. The third-order valence-electron chi connectivity index (χ3n) is 2.53. The molecule has 1 atom stereocenters. The van der Waals surface area contributed by atoms with Crippen molar-refractivity contribution in [2.45, 2.75) is 25.9 Å². The molecule has 1 amide bonds. The fourth-order valence-corrected chi connectivity index (χ4v) is 1.49. The van der Waals surface area contributed by atoms with E-state index in [0.717, 1.165) is 5.56 Å². The number of aliphatic hydroxyl groups is 1. The largest absolute Gasteiger partial charge is 0.493 e. The first kappa shape index (κ1) is 13.5. The predicted octanol–water partition coefficient (Wildman–Crippen LogP) is 1.64. The number of nitrogens with one attached hydrogen (secondary N) is 1. The molecule has 0 aliphatic rings. The van der Waals surface area contributed by atoms with Crippen LogP contribution in [0.25, 0.3) is 0 Å². The van der Waals surface area contributed by atoms with Gasteiger partial charge < -0.3 is 15.2 Å². The minimum Gasteiger partial charge on any atom is -0.493 e. The van der Waals surface area contributed by atoms with Crippen molar-refractivity contribution in [3.63, 3.8) is 0 Å². The molecule has 0 heterocycles. The normalized spacial score (nSPS) is 11.9. The van der Waals surface area contributed by atoms with Crippen molar-refractivity contribution < 1.29 is 14.6 Å². The van der Waals surface area contributed by atoms with Crippen LogP contribution in [0.4, 0.5) is 0 Å². The number of hydrogen-bond donors (Lipinski definition) is 2. The molecular weight excluding hydrogens is 218 g/mol. The molecule has 1 rings (SSSR count). The fourth-order valence-electron chi connectivity index (χ4n) is 1.49. The summed E-state index contributed by atoms with van der Waals surface area (Å²) in [5.41, 5.74) is 0.770. The van der Waals surface area contributed by atoms with Crippen LogP contribution in [0.2, 0.25) is 0 Å². The van der Waals surface area contributed by atoms with Crippen molar-refractivity contribution >= 4 is 5.91 Å². The molecule has 0 radical (unpaired) electrons. The zero-order valence-corrected chi connectivity index (χ0v) is 10.3. The highest BCUT2D eigenvalue weighted by Crippen LogP contribution is 2.26. The number of benzene rings is 1. The monoisotopic (exact) mass is 237 g/mol. The van der Waals surface area contributed by atoms with Gasteiger partial charge in [0.05, 0.1) is 19.1 Å². The smallest absolute Gasteiger partial charge is 0.223 e. The maximum absolute atomic E-state index is 11.0. The molecule has 4 heteroatoms. The quantitative estimate of drug-likeness (QED) is 0.791. The van der Waals surface area contributed by atoms with Gasteiger partial charge in [0.15, 0.2) is 0 Å². The zero-order chi connectivity index (χ0) is 12.7. The third-order valence-corrected chi connectivity index (χ3v) is 2.53. The van der Waals surface area contributed by atoms with E-state index in [0.29, 0.717) is 25.2 Å². The van der Waals surface area contributed by atoms with Gasteiger partial charge in [-0.15, -0.1) is 0 Å². The molecule has 0 spiro atoms. The molecule has 0 unspecified atom stereocenters. The number of amides is 1. The number of rotatable bonds is 6. The Morgan fingerprint density at radius 1 is 1.47 bits per heavy atom. The Morgan fingerprint density at radius 3 is 2.82 bits per heavy atom. The number of hydrogen-bond acceptors (Lipinski definition) is 3. The Balaban J connectivity index is 2.61. The van der Waals surface area contributed by atoms with E-state index in [9.17, 15) is 9.90 Å². The van der Waals surface area contributed by atoms with Crippen LogP contribution in [0, 0.1) is 0 Å². The molecule has 94 valence electrons. The second kappa shape index (κ2) is 6.91. The number of ether oxygens (including phenoxy) is 1. The lowest BCUT2D eigenvalue weighted by Gasteiger charge is -2.14. The maximum Gasteiger partial charge on any atom is 0.223 e. The summed E-state index contributed by atoms with van der Waals surface area (Å²) in [6.07, 6.45) is 0.425. The van der Waals surface area contributed by atoms with Gasteiger partial charge in [0.2, 0.25) is 5.91 Å². The number of para-hydroxylation sites is 1. The van der Waals surface area contributed by atoms with Crippen LogP contribution >= 0.6 is 0 Å². The molecule has 1 aromatic carbocycles. The molecular formula is C13H19NO3. The van der Waals surface area contributed by atoms with Crippen molar-refractivity contribution in [1.29, 1.82) is 0 Å². The van der Waals surface area contributed by atoms with Crippen molar-refractivity contribution in [3.05, 3.63) is 29.8 Å². The average Bonchev–Trinajstić information content (AvgIpc) is 2.38. The van der Waals surface area contributed by atoms with E-state index in [4.69, 9.17) is 4.74 Å². The highest BCUT2D eigenvalue weighted by Gasteiger charge is 2.11. The van der Waals surface area contributed by atoms with Gasteiger partial charge in [-0.25, -0.2) is 0 Å². The average molecular weight is 237 g/mol. The minimum absolute atomic E-state index is 0.0569. The zero-order valence-electron chi connectivity index (χ0n) is 10.3. The van der Waals surface area contributed by atoms with E-state index in [2.05, 4.69) is 5.32 Å². The van der Waals surface area contributed by atoms with Gasteiger partial charge in [-0.2, -0.15) is 0 Å². The van der Waals surface area contributed by atoms with Crippen LogP contribution in [0.15, 0.2) is 24.3 Å². The van der Waals surface area contributed by atoms with Crippen molar-refractivity contribution in [3.8, 4) is 5.75 Å². The highest BCUT2D eigenvalue weighted by atomic mass is 16.5. The molecule has 0 aliphatic heterocycles. The van der Waals surface area contributed by atoms with Crippen LogP contribution in [0.5, 0.6) is 5.75 Å². The lowest BCUT2D eigenvalue weighted by molar-refractivity contribution is -0.121.